The summed E-state index contributed by atoms with van der Waals surface area (Å²) in [6.45, 7) is 4.46. The van der Waals surface area contributed by atoms with Gasteiger partial charge in [0.05, 0.1) is 24.9 Å². The topological polar surface area (TPSA) is 80.9 Å². The lowest BCUT2D eigenvalue weighted by Gasteiger charge is -2.62. The Labute approximate surface area is 151 Å². The quantitative estimate of drug-likeness (QED) is 0.615. The van der Waals surface area contributed by atoms with Gasteiger partial charge in [-0.05, 0) is 91.8 Å². The third-order valence-corrected chi connectivity index (χ3v) is 9.29. The molecule has 144 valence electrons. The molecule has 4 saturated carbocycles. The first-order valence-electron chi connectivity index (χ1n) is 10.5. The molecule has 4 heteroatoms. The molecular formula is C21H36O4. The number of aliphatic hydroxyl groups excluding tert-OH is 4. The van der Waals surface area contributed by atoms with Crippen molar-refractivity contribution in [3.05, 3.63) is 0 Å². The molecule has 0 spiro atoms. The molecule has 4 rings (SSSR count). The molecule has 0 aliphatic heterocycles. The predicted octanol–water partition coefficient (Wildman–Crippen LogP) is 2.33. The number of fused-ring (bicyclic) bond motifs is 5. The van der Waals surface area contributed by atoms with Gasteiger partial charge in [0.15, 0.2) is 0 Å². The first-order chi connectivity index (χ1) is 11.8. The highest BCUT2D eigenvalue weighted by atomic mass is 16.3. The van der Waals surface area contributed by atoms with Crippen LogP contribution < -0.4 is 0 Å². The van der Waals surface area contributed by atoms with Crippen molar-refractivity contribution in [3.63, 3.8) is 0 Å². The number of rotatable bonds is 2. The van der Waals surface area contributed by atoms with Crippen LogP contribution >= 0.6 is 0 Å². The monoisotopic (exact) mass is 352 g/mol. The van der Waals surface area contributed by atoms with E-state index in [1.165, 1.54) is 6.42 Å². The normalized spacial score (nSPS) is 56.6. The lowest BCUT2D eigenvalue weighted by molar-refractivity contribution is -0.183. The van der Waals surface area contributed by atoms with Crippen LogP contribution in [0.5, 0.6) is 0 Å². The Morgan fingerprint density at radius 3 is 2.48 bits per heavy atom. The van der Waals surface area contributed by atoms with Gasteiger partial charge in [-0.2, -0.15) is 0 Å². The Kier molecular flexibility index (Phi) is 4.51. The molecule has 4 aliphatic rings. The van der Waals surface area contributed by atoms with Crippen molar-refractivity contribution in [3.8, 4) is 0 Å². The van der Waals surface area contributed by atoms with Crippen LogP contribution in [-0.2, 0) is 0 Å². The van der Waals surface area contributed by atoms with E-state index >= 15 is 0 Å². The minimum absolute atomic E-state index is 0.0554. The van der Waals surface area contributed by atoms with Gasteiger partial charge >= 0.3 is 0 Å². The summed E-state index contributed by atoms with van der Waals surface area (Å²) >= 11 is 0. The number of hydrogen-bond donors (Lipinski definition) is 4. The van der Waals surface area contributed by atoms with Crippen LogP contribution in [0.3, 0.4) is 0 Å². The van der Waals surface area contributed by atoms with E-state index < -0.39 is 6.10 Å². The second-order valence-electron chi connectivity index (χ2n) is 10.2. The summed E-state index contributed by atoms with van der Waals surface area (Å²) in [6.07, 6.45) is 6.84. The summed E-state index contributed by atoms with van der Waals surface area (Å²) in [5, 5.41) is 41.2. The van der Waals surface area contributed by atoms with E-state index in [0.717, 1.165) is 44.9 Å². The van der Waals surface area contributed by atoms with Gasteiger partial charge in [-0.25, -0.2) is 0 Å². The van der Waals surface area contributed by atoms with Gasteiger partial charge < -0.3 is 20.4 Å². The fourth-order valence-electron chi connectivity index (χ4n) is 8.16. The first-order valence-corrected chi connectivity index (χ1v) is 10.5. The summed E-state index contributed by atoms with van der Waals surface area (Å²) in [6, 6.07) is 0. The Hall–Kier alpha value is -0.160. The lowest BCUT2D eigenvalue weighted by atomic mass is 9.44. The number of hydrogen-bond acceptors (Lipinski definition) is 4. The molecule has 3 unspecified atom stereocenters. The van der Waals surface area contributed by atoms with Gasteiger partial charge in [-0.1, -0.05) is 13.8 Å². The summed E-state index contributed by atoms with van der Waals surface area (Å²) in [5.41, 5.74) is 0.0939. The third kappa shape index (κ3) is 2.55. The maximum Gasteiger partial charge on any atom is 0.0804 e. The molecule has 4 N–H and O–H groups in total. The van der Waals surface area contributed by atoms with Crippen LogP contribution in [0.15, 0.2) is 0 Å². The SMILES string of the molecule is C[C@]12CCC(O)C[C@H]1CC[C@H]1[C@@H]3CC[C@H](C(O)CO)[C@@]3(C)CC(O)[C@@H]12. The predicted molar refractivity (Wildman–Crippen MR) is 95.7 cm³/mol. The van der Waals surface area contributed by atoms with E-state index in [4.69, 9.17) is 0 Å². The fourth-order valence-corrected chi connectivity index (χ4v) is 8.16. The average molecular weight is 353 g/mol. The van der Waals surface area contributed by atoms with Crippen molar-refractivity contribution in [1.29, 1.82) is 0 Å². The molecule has 4 nitrogen and oxygen atoms in total. The molecule has 0 saturated heterocycles. The van der Waals surface area contributed by atoms with Gasteiger partial charge in [0, 0.05) is 0 Å². The summed E-state index contributed by atoms with van der Waals surface area (Å²) < 4.78 is 0. The lowest BCUT2D eigenvalue weighted by Crippen LogP contribution is -2.59. The zero-order valence-electron chi connectivity index (χ0n) is 15.8. The largest absolute Gasteiger partial charge is 0.394 e. The highest BCUT2D eigenvalue weighted by Gasteiger charge is 2.63. The van der Waals surface area contributed by atoms with Crippen molar-refractivity contribution in [2.24, 2.45) is 40.4 Å². The molecule has 4 aliphatic carbocycles. The minimum Gasteiger partial charge on any atom is -0.394 e. The fraction of sp³-hybridized carbons (Fsp3) is 1.00. The van der Waals surface area contributed by atoms with Crippen LogP contribution in [0.25, 0.3) is 0 Å². The third-order valence-electron chi connectivity index (χ3n) is 9.29. The average Bonchev–Trinajstić information content (AvgIpc) is 2.91. The molecule has 10 atom stereocenters. The van der Waals surface area contributed by atoms with E-state index in [9.17, 15) is 20.4 Å². The Morgan fingerprint density at radius 2 is 1.76 bits per heavy atom. The van der Waals surface area contributed by atoms with Crippen LogP contribution in [0.1, 0.15) is 65.2 Å². The van der Waals surface area contributed by atoms with Gasteiger partial charge in [-0.3, -0.25) is 0 Å². The van der Waals surface area contributed by atoms with Crippen molar-refractivity contribution in [2.75, 3.05) is 6.61 Å². The zero-order chi connectivity index (χ0) is 18.0. The molecule has 0 amide bonds. The van der Waals surface area contributed by atoms with Gasteiger partial charge in [0.2, 0.25) is 0 Å². The summed E-state index contributed by atoms with van der Waals surface area (Å²) in [4.78, 5) is 0. The molecule has 0 radical (unpaired) electrons. The summed E-state index contributed by atoms with van der Waals surface area (Å²) in [7, 11) is 0. The van der Waals surface area contributed by atoms with Gasteiger partial charge in [0.25, 0.3) is 0 Å². The van der Waals surface area contributed by atoms with Crippen LogP contribution in [0, 0.1) is 40.4 Å². The molecule has 4 fully saturated rings. The van der Waals surface area contributed by atoms with E-state index in [2.05, 4.69) is 13.8 Å². The molecule has 0 aromatic carbocycles. The Morgan fingerprint density at radius 1 is 1.00 bits per heavy atom. The molecule has 0 heterocycles. The highest BCUT2D eigenvalue weighted by molar-refractivity contribution is 5.12. The van der Waals surface area contributed by atoms with Crippen LogP contribution in [-0.4, -0.2) is 45.3 Å². The minimum atomic E-state index is -0.657. The maximum atomic E-state index is 11.3. The molecule has 0 bridgehead atoms. The Bertz CT molecular complexity index is 510. The van der Waals surface area contributed by atoms with Gasteiger partial charge in [0.1, 0.15) is 0 Å². The highest BCUT2D eigenvalue weighted by Crippen LogP contribution is 2.67. The molecular weight excluding hydrogens is 316 g/mol. The van der Waals surface area contributed by atoms with E-state index in [1.54, 1.807) is 0 Å². The van der Waals surface area contributed by atoms with Crippen molar-refractivity contribution >= 4 is 0 Å². The molecule has 0 aromatic heterocycles. The van der Waals surface area contributed by atoms with Crippen molar-refractivity contribution < 1.29 is 20.4 Å². The second-order valence-corrected chi connectivity index (χ2v) is 10.2. The maximum absolute atomic E-state index is 11.3. The first kappa shape index (κ1) is 18.2. The van der Waals surface area contributed by atoms with Crippen molar-refractivity contribution in [2.45, 2.75) is 83.5 Å². The zero-order valence-corrected chi connectivity index (χ0v) is 15.8. The van der Waals surface area contributed by atoms with Crippen LogP contribution in [0.4, 0.5) is 0 Å². The van der Waals surface area contributed by atoms with E-state index in [-0.39, 0.29) is 35.6 Å². The smallest absolute Gasteiger partial charge is 0.0804 e. The van der Waals surface area contributed by atoms with Crippen molar-refractivity contribution in [1.82, 2.24) is 0 Å². The molecule has 0 aromatic rings. The van der Waals surface area contributed by atoms with Gasteiger partial charge in [-0.15, -0.1) is 0 Å². The summed E-state index contributed by atoms with van der Waals surface area (Å²) in [5.74, 6) is 2.06. The molecule has 25 heavy (non-hydrogen) atoms. The van der Waals surface area contributed by atoms with Crippen LogP contribution in [0.2, 0.25) is 0 Å². The number of aliphatic hydroxyl groups is 4. The second kappa shape index (κ2) is 6.19. The Balaban J connectivity index is 1.64. The van der Waals surface area contributed by atoms with E-state index in [0.29, 0.717) is 23.7 Å². The van der Waals surface area contributed by atoms with E-state index in [1.807, 2.05) is 0 Å². The standard InChI is InChI=1S/C21H36O4/c1-20-8-7-13(23)9-12(20)3-4-14-15-5-6-16(18(25)11-22)21(15,2)10-17(24)19(14)20/h12-19,22-25H,3-11H2,1-2H3/t12-,13?,14+,15+,16-,17?,18?,19-,20+,21+/m1/s1.